The first-order valence-electron chi connectivity index (χ1n) is 7.79. The highest BCUT2D eigenvalue weighted by atomic mass is 79.9. The maximum atomic E-state index is 12.3. The molecule has 0 fully saturated rings. The minimum atomic E-state index is -3.52. The molecule has 130 valence electrons. The van der Waals surface area contributed by atoms with Crippen molar-refractivity contribution in [3.63, 3.8) is 0 Å². The van der Waals surface area contributed by atoms with E-state index in [4.69, 9.17) is 0 Å². The first-order chi connectivity index (χ1) is 12.0. The van der Waals surface area contributed by atoms with Crippen LogP contribution in [0, 0.1) is 0 Å². The molecule has 2 aromatic carbocycles. The van der Waals surface area contributed by atoms with Crippen LogP contribution in [0.5, 0.6) is 0 Å². The largest absolute Gasteiger partial charge is 0.268 e. The van der Waals surface area contributed by atoms with E-state index in [1.54, 1.807) is 30.5 Å². The summed E-state index contributed by atoms with van der Waals surface area (Å²) in [7, 11) is -1.62. The van der Waals surface area contributed by atoms with Gasteiger partial charge in [-0.2, -0.15) is 5.10 Å². The van der Waals surface area contributed by atoms with Crippen LogP contribution in [-0.2, 0) is 23.5 Å². The molecule has 25 heavy (non-hydrogen) atoms. The Morgan fingerprint density at radius 2 is 1.80 bits per heavy atom. The van der Waals surface area contributed by atoms with E-state index in [0.29, 0.717) is 17.4 Å². The fourth-order valence-corrected chi connectivity index (χ4v) is 4.60. The predicted octanol–water partition coefficient (Wildman–Crippen LogP) is 3.37. The third kappa shape index (κ3) is 4.18. The Morgan fingerprint density at radius 3 is 2.44 bits per heavy atom. The zero-order valence-corrected chi connectivity index (χ0v) is 16.1. The van der Waals surface area contributed by atoms with Crippen molar-refractivity contribution in [1.82, 2.24) is 14.5 Å². The van der Waals surface area contributed by atoms with Crippen molar-refractivity contribution < 1.29 is 8.42 Å². The van der Waals surface area contributed by atoms with Gasteiger partial charge in [0.05, 0.1) is 10.6 Å². The molecule has 5 nitrogen and oxygen atoms in total. The number of aryl methyl sites for hydroxylation is 1. The number of nitrogens with zero attached hydrogens (tertiary/aromatic N) is 2. The van der Waals surface area contributed by atoms with Crippen molar-refractivity contribution in [3.05, 3.63) is 70.8 Å². The SMILES string of the molecule is Cn1nccc1-c1ccc(CCNS(=O)(=O)c2ccccc2Br)cc1. The molecule has 0 saturated carbocycles. The molecule has 0 aliphatic rings. The Hall–Kier alpha value is -1.96. The number of hydrogen-bond acceptors (Lipinski definition) is 3. The van der Waals surface area contributed by atoms with Gasteiger partial charge in [-0.15, -0.1) is 0 Å². The van der Waals surface area contributed by atoms with Crippen LogP contribution in [0.25, 0.3) is 11.3 Å². The Bertz CT molecular complexity index is 966. The highest BCUT2D eigenvalue weighted by molar-refractivity contribution is 9.10. The van der Waals surface area contributed by atoms with Gasteiger partial charge < -0.3 is 0 Å². The molecular formula is C18H18BrN3O2S. The first kappa shape index (κ1) is 17.8. The van der Waals surface area contributed by atoms with Crippen LogP contribution in [0.2, 0.25) is 0 Å². The van der Waals surface area contributed by atoms with E-state index >= 15 is 0 Å². The highest BCUT2D eigenvalue weighted by Crippen LogP contribution is 2.21. The van der Waals surface area contributed by atoms with Gasteiger partial charge in [0.1, 0.15) is 0 Å². The van der Waals surface area contributed by atoms with E-state index in [1.807, 2.05) is 42.1 Å². The molecule has 0 spiro atoms. The monoisotopic (exact) mass is 419 g/mol. The zero-order valence-electron chi connectivity index (χ0n) is 13.7. The number of sulfonamides is 1. The van der Waals surface area contributed by atoms with Crippen LogP contribution in [0.15, 0.2) is 70.2 Å². The summed E-state index contributed by atoms with van der Waals surface area (Å²) in [5.74, 6) is 0. The van der Waals surface area contributed by atoms with Crippen LogP contribution in [-0.4, -0.2) is 24.7 Å². The standard InChI is InChI=1S/C18H18BrN3O2S/c1-22-17(11-12-20-22)15-8-6-14(7-9-15)10-13-21-25(23,24)18-5-3-2-4-16(18)19/h2-9,11-12,21H,10,13H2,1H3. The van der Waals surface area contributed by atoms with E-state index in [2.05, 4.69) is 25.8 Å². The summed E-state index contributed by atoms with van der Waals surface area (Å²) in [6.07, 6.45) is 2.38. The minimum absolute atomic E-state index is 0.251. The highest BCUT2D eigenvalue weighted by Gasteiger charge is 2.16. The number of benzene rings is 2. The number of aromatic nitrogens is 2. The lowest BCUT2D eigenvalue weighted by atomic mass is 10.1. The first-order valence-corrected chi connectivity index (χ1v) is 10.1. The van der Waals surface area contributed by atoms with E-state index in [-0.39, 0.29) is 4.90 Å². The molecule has 7 heteroatoms. The van der Waals surface area contributed by atoms with Crippen LogP contribution in [0.4, 0.5) is 0 Å². The fraction of sp³-hybridized carbons (Fsp3) is 0.167. The zero-order chi connectivity index (χ0) is 17.9. The lowest BCUT2D eigenvalue weighted by Crippen LogP contribution is -2.26. The summed E-state index contributed by atoms with van der Waals surface area (Å²) in [6, 6.07) is 16.8. The normalized spacial score (nSPS) is 11.6. The van der Waals surface area contributed by atoms with Crippen LogP contribution < -0.4 is 4.72 Å². The molecule has 0 bridgehead atoms. The topological polar surface area (TPSA) is 64.0 Å². The molecule has 1 heterocycles. The van der Waals surface area contributed by atoms with Gasteiger partial charge in [-0.05, 0) is 51.7 Å². The van der Waals surface area contributed by atoms with Crippen molar-refractivity contribution in [2.75, 3.05) is 6.54 Å². The predicted molar refractivity (Wildman–Crippen MR) is 102 cm³/mol. The quantitative estimate of drug-likeness (QED) is 0.665. The van der Waals surface area contributed by atoms with Gasteiger partial charge in [0, 0.05) is 24.3 Å². The molecule has 1 aromatic heterocycles. The lowest BCUT2D eigenvalue weighted by molar-refractivity contribution is 0.581. The summed E-state index contributed by atoms with van der Waals surface area (Å²) in [6.45, 7) is 0.342. The van der Waals surface area contributed by atoms with Gasteiger partial charge in [-0.1, -0.05) is 36.4 Å². The Morgan fingerprint density at radius 1 is 1.08 bits per heavy atom. The average molecular weight is 420 g/mol. The van der Waals surface area contributed by atoms with Crippen molar-refractivity contribution >= 4 is 26.0 Å². The van der Waals surface area contributed by atoms with E-state index in [9.17, 15) is 8.42 Å². The van der Waals surface area contributed by atoms with Crippen molar-refractivity contribution in [3.8, 4) is 11.3 Å². The van der Waals surface area contributed by atoms with Gasteiger partial charge in [-0.3, -0.25) is 4.68 Å². The summed E-state index contributed by atoms with van der Waals surface area (Å²) >= 11 is 3.28. The minimum Gasteiger partial charge on any atom is -0.268 e. The second-order valence-electron chi connectivity index (χ2n) is 5.62. The molecule has 0 saturated heterocycles. The third-order valence-electron chi connectivity index (χ3n) is 3.90. The van der Waals surface area contributed by atoms with Crippen LogP contribution in [0.3, 0.4) is 0 Å². The summed E-state index contributed by atoms with van der Waals surface area (Å²) in [4.78, 5) is 0.251. The summed E-state index contributed by atoms with van der Waals surface area (Å²) in [5.41, 5.74) is 3.19. The van der Waals surface area contributed by atoms with E-state index < -0.39 is 10.0 Å². The molecular weight excluding hydrogens is 402 g/mol. The fourth-order valence-electron chi connectivity index (χ4n) is 2.57. The molecule has 1 N–H and O–H groups in total. The Balaban J connectivity index is 1.63. The molecule has 0 aliphatic heterocycles. The average Bonchev–Trinajstić information content (AvgIpc) is 3.02. The van der Waals surface area contributed by atoms with Gasteiger partial charge in [0.25, 0.3) is 0 Å². The Kier molecular flexibility index (Phi) is 5.36. The van der Waals surface area contributed by atoms with E-state index in [0.717, 1.165) is 16.8 Å². The van der Waals surface area contributed by atoms with E-state index in [1.165, 1.54) is 0 Å². The van der Waals surface area contributed by atoms with Crippen molar-refractivity contribution in [1.29, 1.82) is 0 Å². The maximum absolute atomic E-state index is 12.3. The number of rotatable bonds is 6. The molecule has 0 atom stereocenters. The molecule has 0 radical (unpaired) electrons. The molecule has 3 rings (SSSR count). The second kappa shape index (κ2) is 7.51. The molecule has 0 unspecified atom stereocenters. The third-order valence-corrected chi connectivity index (χ3v) is 6.38. The van der Waals surface area contributed by atoms with Crippen molar-refractivity contribution in [2.45, 2.75) is 11.3 Å². The molecule has 3 aromatic rings. The number of nitrogens with one attached hydrogen (secondary N) is 1. The smallest absolute Gasteiger partial charge is 0.241 e. The Labute approximate surface area is 155 Å². The summed E-state index contributed by atoms with van der Waals surface area (Å²) in [5, 5.41) is 4.16. The number of hydrogen-bond donors (Lipinski definition) is 1. The van der Waals surface area contributed by atoms with Gasteiger partial charge in [0.2, 0.25) is 10.0 Å². The van der Waals surface area contributed by atoms with Gasteiger partial charge in [0.15, 0.2) is 0 Å². The maximum Gasteiger partial charge on any atom is 0.241 e. The molecule has 0 aliphatic carbocycles. The van der Waals surface area contributed by atoms with Crippen LogP contribution in [0.1, 0.15) is 5.56 Å². The summed E-state index contributed by atoms with van der Waals surface area (Å²) < 4.78 is 29.7. The van der Waals surface area contributed by atoms with Gasteiger partial charge >= 0.3 is 0 Å². The van der Waals surface area contributed by atoms with Crippen LogP contribution >= 0.6 is 15.9 Å². The molecule has 0 amide bonds. The lowest BCUT2D eigenvalue weighted by Gasteiger charge is -2.09. The van der Waals surface area contributed by atoms with Gasteiger partial charge in [-0.25, -0.2) is 13.1 Å². The number of halogens is 1. The van der Waals surface area contributed by atoms with Crippen molar-refractivity contribution in [2.24, 2.45) is 7.05 Å². The second-order valence-corrected chi connectivity index (χ2v) is 8.20.